The number of aromatic nitrogens is 2. The second kappa shape index (κ2) is 7.78. The molecule has 0 amide bonds. The number of nitrogens with two attached hydrogens (primary N) is 1. The van der Waals surface area contributed by atoms with E-state index in [1.165, 1.54) is 0 Å². The number of hydroxylamine groups is 1. The third-order valence-electron chi connectivity index (χ3n) is 3.33. The van der Waals surface area contributed by atoms with Crippen molar-refractivity contribution in [2.75, 3.05) is 5.73 Å². The molecule has 3 N–H and O–H groups in total. The van der Waals surface area contributed by atoms with E-state index in [2.05, 4.69) is 25.4 Å². The van der Waals surface area contributed by atoms with Gasteiger partial charge < -0.3 is 5.73 Å². The molecule has 25 heavy (non-hydrogen) atoms. The van der Waals surface area contributed by atoms with E-state index < -0.39 is 0 Å². The zero-order valence-corrected chi connectivity index (χ0v) is 14.2. The quantitative estimate of drug-likeness (QED) is 0.412. The molecule has 3 rings (SSSR count). The van der Waals surface area contributed by atoms with E-state index >= 15 is 0 Å². The molecule has 0 saturated heterocycles. The maximum absolute atomic E-state index is 5.87. The summed E-state index contributed by atoms with van der Waals surface area (Å²) in [6.45, 7) is 2.30. The fraction of sp³-hybridized carbons (Fsp3) is 0.118. The Morgan fingerprint density at radius 1 is 1.16 bits per heavy atom. The summed E-state index contributed by atoms with van der Waals surface area (Å²) < 4.78 is 4.64. The zero-order chi connectivity index (χ0) is 17.6. The highest BCUT2D eigenvalue weighted by Crippen LogP contribution is 2.16. The summed E-state index contributed by atoms with van der Waals surface area (Å²) in [5.74, 6) is 0.421. The summed E-state index contributed by atoms with van der Waals surface area (Å²) >= 11 is 5.87. The second-order valence-corrected chi connectivity index (χ2v) is 5.75. The van der Waals surface area contributed by atoms with E-state index in [9.17, 15) is 0 Å². The lowest BCUT2D eigenvalue weighted by molar-refractivity contribution is 0.0713. The topological polar surface area (TPSA) is 98.6 Å². The van der Waals surface area contributed by atoms with Crippen LogP contribution < -0.4 is 11.2 Å². The summed E-state index contributed by atoms with van der Waals surface area (Å²) in [6, 6.07) is 15.0. The number of nitrogen functional groups attached to an aromatic ring is 1. The van der Waals surface area contributed by atoms with E-state index in [1.807, 2.05) is 43.3 Å². The number of hydrogen-bond acceptors (Lipinski definition) is 6. The maximum Gasteiger partial charge on any atom is 0.199 e. The molecule has 0 bridgehead atoms. The zero-order valence-electron chi connectivity index (χ0n) is 13.4. The van der Waals surface area contributed by atoms with Crippen molar-refractivity contribution in [3.63, 3.8) is 0 Å². The number of aliphatic imine (C=N–C) groups is 1. The minimum absolute atomic E-state index is 0.119. The first-order valence-corrected chi connectivity index (χ1v) is 7.85. The van der Waals surface area contributed by atoms with E-state index in [4.69, 9.17) is 22.2 Å². The van der Waals surface area contributed by atoms with Gasteiger partial charge in [-0.15, -0.1) is 0 Å². The molecule has 0 saturated carbocycles. The highest BCUT2D eigenvalue weighted by molar-refractivity contribution is 6.30. The van der Waals surface area contributed by atoms with Crippen LogP contribution in [-0.2, 0) is 11.4 Å². The van der Waals surface area contributed by atoms with E-state index in [1.54, 1.807) is 12.1 Å². The Morgan fingerprint density at radius 3 is 2.52 bits per heavy atom. The van der Waals surface area contributed by atoms with Gasteiger partial charge in [0, 0.05) is 5.02 Å². The van der Waals surface area contributed by atoms with Gasteiger partial charge >= 0.3 is 0 Å². The van der Waals surface area contributed by atoms with Crippen LogP contribution in [0.4, 0.5) is 11.5 Å². The van der Waals surface area contributed by atoms with Crippen LogP contribution in [0.15, 0.2) is 58.2 Å². The first kappa shape index (κ1) is 16.9. The molecule has 2 aromatic carbocycles. The predicted octanol–water partition coefficient (Wildman–Crippen LogP) is 3.41. The Kier molecular flexibility index (Phi) is 5.27. The van der Waals surface area contributed by atoms with Crippen LogP contribution in [-0.4, -0.2) is 16.1 Å². The second-order valence-electron chi connectivity index (χ2n) is 5.31. The number of hydrogen-bond donors (Lipinski definition) is 2. The third kappa shape index (κ3) is 4.56. The molecule has 0 radical (unpaired) electrons. The van der Waals surface area contributed by atoms with E-state index in [0.29, 0.717) is 23.2 Å². The number of aryl methyl sites for hydroxylation is 1. The first-order valence-electron chi connectivity index (χ1n) is 7.48. The summed E-state index contributed by atoms with van der Waals surface area (Å²) in [6.07, 6.45) is 0. The Balaban J connectivity index is 1.76. The fourth-order valence-electron chi connectivity index (χ4n) is 2.00. The largest absolute Gasteiger partial charge is 0.379 e. The lowest BCUT2D eigenvalue weighted by Gasteiger charge is -2.09. The number of benzene rings is 2. The van der Waals surface area contributed by atoms with Gasteiger partial charge in [-0.1, -0.05) is 41.4 Å². The van der Waals surface area contributed by atoms with Crippen LogP contribution >= 0.6 is 11.6 Å². The van der Waals surface area contributed by atoms with E-state index in [0.717, 1.165) is 11.1 Å². The van der Waals surface area contributed by atoms with Crippen molar-refractivity contribution in [3.8, 4) is 0 Å². The van der Waals surface area contributed by atoms with Crippen LogP contribution in [0.25, 0.3) is 0 Å². The molecule has 0 unspecified atom stereocenters. The number of nitrogens with zero attached hydrogens (tertiary/aromatic N) is 3. The normalized spacial score (nSPS) is 11.5. The van der Waals surface area contributed by atoms with Gasteiger partial charge in [-0.25, -0.2) is 15.1 Å². The van der Waals surface area contributed by atoms with Gasteiger partial charge in [0.05, 0.1) is 12.3 Å². The smallest absolute Gasteiger partial charge is 0.199 e. The molecular weight excluding hydrogens is 342 g/mol. The summed E-state index contributed by atoms with van der Waals surface area (Å²) in [5, 5.41) is 8.00. The van der Waals surface area contributed by atoms with Gasteiger partial charge in [0.2, 0.25) is 0 Å². The van der Waals surface area contributed by atoms with Gasteiger partial charge in [0.15, 0.2) is 17.3 Å². The minimum Gasteiger partial charge on any atom is -0.379 e. The molecule has 0 fully saturated rings. The van der Waals surface area contributed by atoms with Crippen LogP contribution in [0, 0.1) is 6.92 Å². The number of amidine groups is 1. The number of anilines is 1. The average molecular weight is 358 g/mol. The van der Waals surface area contributed by atoms with Gasteiger partial charge in [-0.05, 0) is 47.1 Å². The summed E-state index contributed by atoms with van der Waals surface area (Å²) in [5.41, 5.74) is 11.6. The standard InChI is InChI=1S/C17H16ClN5O2/c1-11-2-8-14(9-3-11)20-17(15-16(19)22-25-21-15)23-24-10-12-4-6-13(18)7-5-12/h2-9H,10H2,1H3,(H2,19,22)(H,20,23). The van der Waals surface area contributed by atoms with Crippen molar-refractivity contribution < 1.29 is 9.47 Å². The highest BCUT2D eigenvalue weighted by Gasteiger charge is 2.14. The van der Waals surface area contributed by atoms with Crippen LogP contribution in [0.5, 0.6) is 0 Å². The van der Waals surface area contributed by atoms with Gasteiger partial charge in [-0.2, -0.15) is 0 Å². The average Bonchev–Trinajstić information content (AvgIpc) is 3.03. The number of nitrogens with one attached hydrogen (secondary N) is 1. The molecule has 1 aromatic heterocycles. The summed E-state index contributed by atoms with van der Waals surface area (Å²) in [4.78, 5) is 9.97. The molecule has 1 heterocycles. The van der Waals surface area contributed by atoms with Crippen LogP contribution in [0.3, 0.4) is 0 Å². The van der Waals surface area contributed by atoms with Crippen molar-refractivity contribution >= 4 is 28.9 Å². The SMILES string of the molecule is Cc1ccc(N=C(NOCc2ccc(Cl)cc2)c2nonc2N)cc1. The monoisotopic (exact) mass is 357 g/mol. The van der Waals surface area contributed by atoms with Crippen LogP contribution in [0.2, 0.25) is 5.02 Å². The molecule has 0 atom stereocenters. The Hall–Kier alpha value is -2.90. The van der Waals surface area contributed by atoms with Crippen molar-refractivity contribution in [3.05, 3.63) is 70.4 Å². The Bertz CT molecular complexity index is 860. The fourth-order valence-corrected chi connectivity index (χ4v) is 2.13. The molecular formula is C17H16ClN5O2. The maximum atomic E-state index is 5.87. The third-order valence-corrected chi connectivity index (χ3v) is 3.59. The molecule has 7 nitrogen and oxygen atoms in total. The van der Waals surface area contributed by atoms with Crippen molar-refractivity contribution in [1.29, 1.82) is 0 Å². The predicted molar refractivity (Wildman–Crippen MR) is 95.5 cm³/mol. The highest BCUT2D eigenvalue weighted by atomic mass is 35.5. The van der Waals surface area contributed by atoms with Gasteiger partial charge in [-0.3, -0.25) is 4.84 Å². The molecule has 0 aliphatic rings. The lowest BCUT2D eigenvalue weighted by atomic mass is 10.2. The van der Waals surface area contributed by atoms with E-state index in [-0.39, 0.29) is 11.5 Å². The van der Waals surface area contributed by atoms with Crippen molar-refractivity contribution in [2.24, 2.45) is 4.99 Å². The lowest BCUT2D eigenvalue weighted by Crippen LogP contribution is -2.25. The Labute approximate surface area is 149 Å². The molecule has 0 aliphatic carbocycles. The Morgan fingerprint density at radius 2 is 1.88 bits per heavy atom. The number of halogens is 1. The van der Waals surface area contributed by atoms with Crippen LogP contribution in [0.1, 0.15) is 16.8 Å². The van der Waals surface area contributed by atoms with Crippen molar-refractivity contribution in [2.45, 2.75) is 13.5 Å². The number of rotatable bonds is 5. The molecule has 128 valence electrons. The molecule has 0 aliphatic heterocycles. The first-order chi connectivity index (χ1) is 12.1. The molecule has 8 heteroatoms. The van der Waals surface area contributed by atoms with Gasteiger partial charge in [0.1, 0.15) is 0 Å². The molecule has 0 spiro atoms. The summed E-state index contributed by atoms with van der Waals surface area (Å²) in [7, 11) is 0. The van der Waals surface area contributed by atoms with Gasteiger partial charge in [0.25, 0.3) is 0 Å². The molecule has 3 aromatic rings. The minimum atomic E-state index is 0.119. The van der Waals surface area contributed by atoms with Crippen molar-refractivity contribution in [1.82, 2.24) is 15.8 Å².